The number of thiophene rings is 1. The van der Waals surface area contributed by atoms with Crippen LogP contribution in [0, 0.1) is 12.7 Å². The third-order valence-electron chi connectivity index (χ3n) is 3.98. The van der Waals surface area contributed by atoms with E-state index in [1.807, 2.05) is 17.5 Å². The third kappa shape index (κ3) is 3.95. The molecule has 0 radical (unpaired) electrons. The first-order chi connectivity index (χ1) is 12.4. The van der Waals surface area contributed by atoms with Crippen LogP contribution < -0.4 is 9.46 Å². The zero-order chi connectivity index (χ0) is 18.7. The maximum absolute atomic E-state index is 13.3. The fourth-order valence-electron chi connectivity index (χ4n) is 2.64. The van der Waals surface area contributed by atoms with Gasteiger partial charge in [-0.25, -0.2) is 12.8 Å². The molecule has 0 aliphatic heterocycles. The molecular formula is C19H18FNO3S2. The molecule has 3 aromatic rings. The lowest BCUT2D eigenvalue weighted by molar-refractivity contribution is 0.411. The van der Waals surface area contributed by atoms with Crippen molar-refractivity contribution < 1.29 is 17.5 Å². The molecular weight excluding hydrogens is 373 g/mol. The van der Waals surface area contributed by atoms with Gasteiger partial charge >= 0.3 is 0 Å². The molecule has 136 valence electrons. The number of benzene rings is 2. The van der Waals surface area contributed by atoms with Crippen molar-refractivity contribution >= 4 is 21.4 Å². The molecule has 0 fully saturated rings. The zero-order valence-electron chi connectivity index (χ0n) is 14.3. The molecule has 0 spiro atoms. The van der Waals surface area contributed by atoms with Gasteiger partial charge < -0.3 is 4.74 Å². The first kappa shape index (κ1) is 18.6. The number of nitrogens with one attached hydrogen (secondary N) is 1. The van der Waals surface area contributed by atoms with Gasteiger partial charge in [0.15, 0.2) is 0 Å². The maximum Gasteiger partial charge on any atom is 0.241 e. The molecule has 1 aromatic heterocycles. The molecule has 0 saturated heterocycles. The summed E-state index contributed by atoms with van der Waals surface area (Å²) in [5.74, 6) is 0.254. The van der Waals surface area contributed by atoms with Crippen molar-refractivity contribution in [3.8, 4) is 5.75 Å². The van der Waals surface area contributed by atoms with Gasteiger partial charge in [0.2, 0.25) is 10.0 Å². The van der Waals surface area contributed by atoms with Crippen molar-refractivity contribution in [1.82, 2.24) is 4.72 Å². The third-order valence-corrected chi connectivity index (χ3v) is 6.34. The Bertz CT molecular complexity index is 984. The Balaban J connectivity index is 1.98. The van der Waals surface area contributed by atoms with Crippen LogP contribution in [0.1, 0.15) is 22.0 Å². The van der Waals surface area contributed by atoms with Crippen molar-refractivity contribution in [2.24, 2.45) is 0 Å². The molecule has 1 heterocycles. The molecule has 3 rings (SSSR count). The van der Waals surface area contributed by atoms with Crippen molar-refractivity contribution in [2.75, 3.05) is 7.11 Å². The van der Waals surface area contributed by atoms with Crippen molar-refractivity contribution in [2.45, 2.75) is 17.9 Å². The summed E-state index contributed by atoms with van der Waals surface area (Å²) in [6, 6.07) is 13.6. The number of sulfonamides is 1. The average molecular weight is 391 g/mol. The summed E-state index contributed by atoms with van der Waals surface area (Å²) < 4.78 is 47.0. The summed E-state index contributed by atoms with van der Waals surface area (Å²) in [6.45, 7) is 1.79. The van der Waals surface area contributed by atoms with E-state index in [4.69, 9.17) is 4.74 Å². The predicted molar refractivity (Wildman–Crippen MR) is 101 cm³/mol. The van der Waals surface area contributed by atoms with Crippen LogP contribution in [0.5, 0.6) is 5.75 Å². The molecule has 7 heteroatoms. The Hall–Kier alpha value is -2.22. The summed E-state index contributed by atoms with van der Waals surface area (Å²) >= 11 is 1.43. The van der Waals surface area contributed by atoms with Gasteiger partial charge in [-0.05, 0) is 59.8 Å². The van der Waals surface area contributed by atoms with Gasteiger partial charge in [0.05, 0.1) is 18.0 Å². The lowest BCUT2D eigenvalue weighted by atomic mass is 10.1. The van der Waals surface area contributed by atoms with Gasteiger partial charge in [0.1, 0.15) is 11.6 Å². The molecule has 26 heavy (non-hydrogen) atoms. The van der Waals surface area contributed by atoms with Crippen LogP contribution in [0.4, 0.5) is 4.39 Å². The topological polar surface area (TPSA) is 55.4 Å². The van der Waals surface area contributed by atoms with Gasteiger partial charge in [0, 0.05) is 4.88 Å². The summed E-state index contributed by atoms with van der Waals surface area (Å²) in [6.07, 6.45) is 0. The molecule has 0 amide bonds. The normalized spacial score (nSPS) is 12.7. The van der Waals surface area contributed by atoms with Gasteiger partial charge in [-0.15, -0.1) is 11.3 Å². The second kappa shape index (κ2) is 7.57. The molecule has 4 nitrogen and oxygen atoms in total. The number of hydrogen-bond donors (Lipinski definition) is 1. The summed E-state index contributed by atoms with van der Waals surface area (Å²) in [5.41, 5.74) is 1.40. The minimum atomic E-state index is -3.78. The number of rotatable bonds is 6. The quantitative estimate of drug-likeness (QED) is 0.683. The molecule has 2 aromatic carbocycles. The van der Waals surface area contributed by atoms with Crippen LogP contribution in [-0.4, -0.2) is 15.5 Å². The standard InChI is InChI=1S/C19H18FNO3S2/c1-13-12-16(9-10-17(13)24-2)26(22,23)21-19(18-4-3-11-25-18)14-5-7-15(20)8-6-14/h3-12,19,21H,1-2H3. The molecule has 0 aliphatic carbocycles. The highest BCUT2D eigenvalue weighted by Gasteiger charge is 2.24. The Morgan fingerprint density at radius 3 is 2.42 bits per heavy atom. The number of halogens is 1. The molecule has 1 N–H and O–H groups in total. The Labute approximate surface area is 156 Å². The summed E-state index contributed by atoms with van der Waals surface area (Å²) in [5, 5.41) is 1.87. The lowest BCUT2D eigenvalue weighted by Gasteiger charge is -2.19. The van der Waals surface area contributed by atoms with E-state index in [-0.39, 0.29) is 10.7 Å². The van der Waals surface area contributed by atoms with Crippen molar-refractivity contribution in [1.29, 1.82) is 0 Å². The molecule has 0 saturated carbocycles. The minimum absolute atomic E-state index is 0.152. The van der Waals surface area contributed by atoms with Gasteiger partial charge in [-0.2, -0.15) is 4.72 Å². The van der Waals surface area contributed by atoms with E-state index in [9.17, 15) is 12.8 Å². The number of aryl methyl sites for hydroxylation is 1. The maximum atomic E-state index is 13.3. The Kier molecular flexibility index (Phi) is 5.41. The van der Waals surface area contributed by atoms with Crippen molar-refractivity contribution in [3.63, 3.8) is 0 Å². The largest absolute Gasteiger partial charge is 0.496 e. The smallest absolute Gasteiger partial charge is 0.241 e. The summed E-state index contributed by atoms with van der Waals surface area (Å²) in [7, 11) is -2.25. The Morgan fingerprint density at radius 1 is 1.12 bits per heavy atom. The fourth-order valence-corrected chi connectivity index (χ4v) is 4.81. The average Bonchev–Trinajstić information content (AvgIpc) is 3.15. The van der Waals surface area contributed by atoms with Crippen LogP contribution in [0.3, 0.4) is 0 Å². The second-order valence-electron chi connectivity index (χ2n) is 5.75. The van der Waals surface area contributed by atoms with Crippen molar-refractivity contribution in [3.05, 3.63) is 81.8 Å². The van der Waals surface area contributed by atoms with E-state index in [1.54, 1.807) is 31.2 Å². The second-order valence-corrected chi connectivity index (χ2v) is 8.45. The zero-order valence-corrected chi connectivity index (χ0v) is 15.9. The van der Waals surface area contributed by atoms with Crippen LogP contribution in [0.25, 0.3) is 0 Å². The fraction of sp³-hybridized carbons (Fsp3) is 0.158. The number of ether oxygens (including phenoxy) is 1. The van der Waals surface area contributed by atoms with E-state index in [2.05, 4.69) is 4.72 Å². The lowest BCUT2D eigenvalue weighted by Crippen LogP contribution is -2.29. The monoisotopic (exact) mass is 391 g/mol. The van der Waals surface area contributed by atoms with Crippen LogP contribution >= 0.6 is 11.3 Å². The number of methoxy groups -OCH3 is 1. The highest BCUT2D eigenvalue weighted by molar-refractivity contribution is 7.89. The molecule has 1 unspecified atom stereocenters. The first-order valence-corrected chi connectivity index (χ1v) is 10.2. The predicted octanol–water partition coefficient (Wildman–Crippen LogP) is 4.27. The van der Waals surface area contributed by atoms with Crippen LogP contribution in [0.15, 0.2) is 64.9 Å². The van der Waals surface area contributed by atoms with Gasteiger partial charge in [-0.1, -0.05) is 18.2 Å². The molecule has 0 bridgehead atoms. The highest BCUT2D eigenvalue weighted by Crippen LogP contribution is 2.29. The van der Waals surface area contributed by atoms with E-state index in [0.717, 1.165) is 10.4 Å². The minimum Gasteiger partial charge on any atom is -0.496 e. The molecule has 1 atom stereocenters. The summed E-state index contributed by atoms with van der Waals surface area (Å²) in [4.78, 5) is 0.977. The van der Waals surface area contributed by atoms with Gasteiger partial charge in [-0.3, -0.25) is 0 Å². The van der Waals surface area contributed by atoms with E-state index in [1.165, 1.54) is 36.6 Å². The SMILES string of the molecule is COc1ccc(S(=O)(=O)NC(c2ccc(F)cc2)c2cccs2)cc1C. The number of hydrogen-bond acceptors (Lipinski definition) is 4. The Morgan fingerprint density at radius 2 is 1.85 bits per heavy atom. The van der Waals surface area contributed by atoms with E-state index in [0.29, 0.717) is 11.3 Å². The van der Waals surface area contributed by atoms with Gasteiger partial charge in [0.25, 0.3) is 0 Å². The van der Waals surface area contributed by atoms with E-state index < -0.39 is 16.1 Å². The highest BCUT2D eigenvalue weighted by atomic mass is 32.2. The van der Waals surface area contributed by atoms with Crippen LogP contribution in [-0.2, 0) is 10.0 Å². The first-order valence-electron chi connectivity index (χ1n) is 7.86. The molecule has 0 aliphatic rings. The van der Waals surface area contributed by atoms with E-state index >= 15 is 0 Å². The van der Waals surface area contributed by atoms with Crippen LogP contribution in [0.2, 0.25) is 0 Å².